The predicted molar refractivity (Wildman–Crippen MR) is 96.2 cm³/mol. The van der Waals surface area contributed by atoms with Crippen molar-refractivity contribution in [3.8, 4) is 5.75 Å². The lowest BCUT2D eigenvalue weighted by Crippen LogP contribution is -2.24. The molecule has 1 aliphatic rings. The zero-order valence-corrected chi connectivity index (χ0v) is 15.2. The van der Waals surface area contributed by atoms with Crippen LogP contribution in [-0.4, -0.2) is 59.4 Å². The van der Waals surface area contributed by atoms with Crippen molar-refractivity contribution in [1.82, 2.24) is 14.5 Å². The minimum atomic E-state index is -0.767. The van der Waals surface area contributed by atoms with Crippen molar-refractivity contribution < 1.29 is 19.4 Å². The van der Waals surface area contributed by atoms with Gasteiger partial charge in [0, 0.05) is 45.4 Å². The quantitative estimate of drug-likeness (QED) is 0.775. The number of methoxy groups -OCH3 is 2. The lowest BCUT2D eigenvalue weighted by molar-refractivity contribution is -0.141. The molecule has 26 heavy (non-hydrogen) atoms. The van der Waals surface area contributed by atoms with Crippen LogP contribution in [0, 0.1) is 5.92 Å². The van der Waals surface area contributed by atoms with Gasteiger partial charge in [-0.3, -0.25) is 9.69 Å². The van der Waals surface area contributed by atoms with Crippen LogP contribution in [0.1, 0.15) is 17.2 Å². The number of carbonyl (C=O) groups is 1. The van der Waals surface area contributed by atoms with Crippen LogP contribution in [0.5, 0.6) is 5.75 Å². The number of hydrogen-bond donors (Lipinski definition) is 1. The molecule has 2 atom stereocenters. The van der Waals surface area contributed by atoms with Gasteiger partial charge >= 0.3 is 5.97 Å². The Hall–Kier alpha value is -2.38. The Kier molecular flexibility index (Phi) is 5.90. The Bertz CT molecular complexity index is 746. The molecule has 2 heterocycles. The molecule has 1 aliphatic heterocycles. The van der Waals surface area contributed by atoms with Crippen molar-refractivity contribution in [1.29, 1.82) is 0 Å². The van der Waals surface area contributed by atoms with E-state index in [1.165, 1.54) is 0 Å². The highest BCUT2D eigenvalue weighted by Crippen LogP contribution is 2.38. The summed E-state index contributed by atoms with van der Waals surface area (Å²) in [6, 6.07) is 7.68. The normalized spacial score (nSPS) is 20.4. The van der Waals surface area contributed by atoms with Crippen molar-refractivity contribution in [2.45, 2.75) is 19.0 Å². The third kappa shape index (κ3) is 3.89. The highest BCUT2D eigenvalue weighted by atomic mass is 16.5. The van der Waals surface area contributed by atoms with Crippen molar-refractivity contribution in [3.05, 3.63) is 48.0 Å². The highest BCUT2D eigenvalue weighted by molar-refractivity contribution is 5.72. The Morgan fingerprint density at radius 2 is 2.12 bits per heavy atom. The number of carboxylic acid groups (broad SMARTS) is 1. The summed E-state index contributed by atoms with van der Waals surface area (Å²) in [4.78, 5) is 18.2. The smallest absolute Gasteiger partial charge is 0.308 e. The maximum atomic E-state index is 11.8. The van der Waals surface area contributed by atoms with Gasteiger partial charge in [-0.1, -0.05) is 18.2 Å². The molecule has 0 bridgehead atoms. The van der Waals surface area contributed by atoms with Gasteiger partial charge in [0.25, 0.3) is 0 Å². The topological polar surface area (TPSA) is 76.8 Å². The first-order valence-corrected chi connectivity index (χ1v) is 8.70. The maximum absolute atomic E-state index is 11.8. The molecule has 1 aromatic heterocycles. The Labute approximate surface area is 153 Å². The highest BCUT2D eigenvalue weighted by Gasteiger charge is 2.39. The second kappa shape index (κ2) is 8.33. The molecule has 0 amide bonds. The van der Waals surface area contributed by atoms with Crippen LogP contribution in [0.4, 0.5) is 0 Å². The molecule has 140 valence electrons. The third-order valence-corrected chi connectivity index (χ3v) is 4.97. The van der Waals surface area contributed by atoms with E-state index in [9.17, 15) is 9.90 Å². The monoisotopic (exact) mass is 359 g/mol. The number of ether oxygens (including phenoxy) is 2. The van der Waals surface area contributed by atoms with E-state index in [1.807, 2.05) is 30.5 Å². The number of nitrogens with zero attached hydrogens (tertiary/aromatic N) is 3. The van der Waals surface area contributed by atoms with Gasteiger partial charge in [0.2, 0.25) is 0 Å². The summed E-state index contributed by atoms with van der Waals surface area (Å²) in [7, 11) is 3.29. The summed E-state index contributed by atoms with van der Waals surface area (Å²) in [6.45, 7) is 3.20. The number of hydrogen-bond acceptors (Lipinski definition) is 5. The molecule has 1 saturated heterocycles. The first kappa shape index (κ1) is 18.4. The van der Waals surface area contributed by atoms with Gasteiger partial charge < -0.3 is 19.1 Å². The molecule has 7 nitrogen and oxygen atoms in total. The summed E-state index contributed by atoms with van der Waals surface area (Å²) in [6.07, 6.45) is 3.62. The zero-order valence-electron chi connectivity index (χ0n) is 15.2. The number of benzene rings is 1. The standard InChI is InChI=1S/C19H25N3O4/c1-25-8-7-22-13-20-9-14(22)10-21-11-16(17(12-21)19(23)24)15-5-3-4-6-18(15)26-2/h3-6,9,13,16-17H,7-8,10-12H2,1-2H3,(H,23,24)/t16-,17+/m0/s1. The molecule has 0 aliphatic carbocycles. The van der Waals surface area contributed by atoms with E-state index in [0.29, 0.717) is 26.2 Å². The lowest BCUT2D eigenvalue weighted by Gasteiger charge is -2.19. The van der Waals surface area contributed by atoms with Crippen LogP contribution in [0.15, 0.2) is 36.8 Å². The lowest BCUT2D eigenvalue weighted by atomic mass is 9.88. The van der Waals surface area contributed by atoms with Crippen molar-refractivity contribution in [2.75, 3.05) is 33.9 Å². The second-order valence-electron chi connectivity index (χ2n) is 6.56. The summed E-state index contributed by atoms with van der Waals surface area (Å²) in [5.41, 5.74) is 2.02. The van der Waals surface area contributed by atoms with Gasteiger partial charge in [0.15, 0.2) is 0 Å². The number of carboxylic acids is 1. The van der Waals surface area contributed by atoms with Gasteiger partial charge in [-0.25, -0.2) is 4.98 Å². The minimum absolute atomic E-state index is 0.0982. The molecule has 0 saturated carbocycles. The van der Waals surface area contributed by atoms with E-state index in [1.54, 1.807) is 20.5 Å². The summed E-state index contributed by atoms with van der Waals surface area (Å²) in [5, 5.41) is 9.72. The number of likely N-dealkylation sites (tertiary alicyclic amines) is 1. The van der Waals surface area contributed by atoms with E-state index in [4.69, 9.17) is 9.47 Å². The molecule has 0 unspecified atom stereocenters. The largest absolute Gasteiger partial charge is 0.496 e. The van der Waals surface area contributed by atoms with Gasteiger partial charge in [-0.2, -0.15) is 0 Å². The average Bonchev–Trinajstić information content (AvgIpc) is 3.27. The fourth-order valence-electron chi connectivity index (χ4n) is 3.65. The number of imidazole rings is 1. The molecule has 3 rings (SSSR count). The first-order chi connectivity index (χ1) is 12.6. The van der Waals surface area contributed by atoms with Crippen LogP contribution >= 0.6 is 0 Å². The SMILES string of the molecule is COCCn1cncc1CN1C[C@@H](C(=O)O)[C@H](c2ccccc2OC)C1. The fourth-order valence-corrected chi connectivity index (χ4v) is 3.65. The molecule has 1 N–H and O–H groups in total. The summed E-state index contributed by atoms with van der Waals surface area (Å²) in [5.74, 6) is -0.576. The van der Waals surface area contributed by atoms with Gasteiger partial charge in [0.05, 0.1) is 31.7 Å². The van der Waals surface area contributed by atoms with Crippen molar-refractivity contribution in [2.24, 2.45) is 5.92 Å². The number of aliphatic carboxylic acids is 1. The molecular weight excluding hydrogens is 334 g/mol. The fraction of sp³-hybridized carbons (Fsp3) is 0.474. The van der Waals surface area contributed by atoms with E-state index in [-0.39, 0.29) is 5.92 Å². The third-order valence-electron chi connectivity index (χ3n) is 4.97. The van der Waals surface area contributed by atoms with Gasteiger partial charge in [-0.15, -0.1) is 0 Å². The minimum Gasteiger partial charge on any atom is -0.496 e. The first-order valence-electron chi connectivity index (χ1n) is 8.70. The van der Waals surface area contributed by atoms with Crippen LogP contribution in [0.3, 0.4) is 0 Å². The van der Waals surface area contributed by atoms with Crippen LogP contribution in [0.2, 0.25) is 0 Å². The number of para-hydroxylation sites is 1. The molecule has 0 radical (unpaired) electrons. The van der Waals surface area contributed by atoms with E-state index in [0.717, 1.165) is 23.6 Å². The van der Waals surface area contributed by atoms with E-state index in [2.05, 4.69) is 14.5 Å². The van der Waals surface area contributed by atoms with Crippen LogP contribution in [0.25, 0.3) is 0 Å². The number of rotatable bonds is 8. The predicted octanol–water partition coefficient (Wildman–Crippen LogP) is 1.84. The summed E-state index contributed by atoms with van der Waals surface area (Å²) >= 11 is 0. The molecular formula is C19H25N3O4. The zero-order chi connectivity index (χ0) is 18.5. The van der Waals surface area contributed by atoms with Gasteiger partial charge in [0.1, 0.15) is 5.75 Å². The maximum Gasteiger partial charge on any atom is 0.308 e. The van der Waals surface area contributed by atoms with Gasteiger partial charge in [-0.05, 0) is 11.6 Å². The Morgan fingerprint density at radius 1 is 1.31 bits per heavy atom. The molecule has 0 spiro atoms. The van der Waals surface area contributed by atoms with Crippen molar-refractivity contribution >= 4 is 5.97 Å². The summed E-state index contributed by atoms with van der Waals surface area (Å²) < 4.78 is 12.6. The second-order valence-corrected chi connectivity index (χ2v) is 6.56. The van der Waals surface area contributed by atoms with E-state index >= 15 is 0 Å². The van der Waals surface area contributed by atoms with E-state index < -0.39 is 11.9 Å². The molecule has 7 heteroatoms. The number of aromatic nitrogens is 2. The van der Waals surface area contributed by atoms with Crippen LogP contribution < -0.4 is 4.74 Å². The van der Waals surface area contributed by atoms with Crippen molar-refractivity contribution in [3.63, 3.8) is 0 Å². The van der Waals surface area contributed by atoms with Crippen LogP contribution in [-0.2, 0) is 22.6 Å². The molecule has 1 aromatic carbocycles. The average molecular weight is 359 g/mol. The molecule has 2 aromatic rings. The Morgan fingerprint density at radius 3 is 2.85 bits per heavy atom. The molecule has 1 fully saturated rings. The Balaban J connectivity index is 1.78.